The second-order valence-corrected chi connectivity index (χ2v) is 3.79. The van der Waals surface area contributed by atoms with Crippen molar-refractivity contribution in [2.75, 3.05) is 19.6 Å². The smallest absolute Gasteiger partial charge is 0.0195 e. The van der Waals surface area contributed by atoms with Gasteiger partial charge in [-0.1, -0.05) is 26.8 Å². The number of nitrogens with zero attached hydrogens (tertiary/aromatic N) is 1. The van der Waals surface area contributed by atoms with Crippen LogP contribution in [-0.2, 0) is 0 Å². The number of likely N-dealkylation sites (N-methyl/N-ethyl adjacent to an activating group) is 1. The third kappa shape index (κ3) is 5.83. The van der Waals surface area contributed by atoms with Gasteiger partial charge in [0, 0.05) is 25.2 Å². The number of rotatable bonds is 7. The van der Waals surface area contributed by atoms with E-state index in [2.05, 4.69) is 44.5 Å². The molecule has 0 saturated carbocycles. The first-order valence-electron chi connectivity index (χ1n) is 5.20. The first kappa shape index (κ1) is 12.7. The van der Waals surface area contributed by atoms with Gasteiger partial charge in [-0.3, -0.25) is 4.90 Å². The van der Waals surface area contributed by atoms with Gasteiger partial charge in [0.05, 0.1) is 0 Å². The number of nitrogens with one attached hydrogen (secondary N) is 1. The molecule has 0 spiro atoms. The highest BCUT2D eigenvalue weighted by atomic mass is 15.2. The maximum atomic E-state index is 3.76. The van der Waals surface area contributed by atoms with Crippen molar-refractivity contribution in [3.63, 3.8) is 0 Å². The lowest BCUT2D eigenvalue weighted by atomic mass is 10.2. The Hall–Kier alpha value is -0.340. The first-order chi connectivity index (χ1) is 6.11. The molecule has 1 N–H and O–H groups in total. The summed E-state index contributed by atoms with van der Waals surface area (Å²) in [6.07, 6.45) is 1.97. The lowest BCUT2D eigenvalue weighted by molar-refractivity contribution is 0.234. The van der Waals surface area contributed by atoms with Gasteiger partial charge in [-0.25, -0.2) is 0 Å². The molecule has 0 fully saturated rings. The molecule has 2 heteroatoms. The zero-order chi connectivity index (χ0) is 10.3. The SMILES string of the molecule is C=CCN(CC)C(C)CNC(C)C. The Labute approximate surface area is 83.0 Å². The molecule has 0 bridgehead atoms. The molecule has 2 nitrogen and oxygen atoms in total. The maximum absolute atomic E-state index is 3.76. The highest BCUT2D eigenvalue weighted by Gasteiger charge is 2.09. The van der Waals surface area contributed by atoms with Crippen molar-refractivity contribution in [2.24, 2.45) is 0 Å². The van der Waals surface area contributed by atoms with Gasteiger partial charge in [0.2, 0.25) is 0 Å². The molecule has 0 aromatic rings. The van der Waals surface area contributed by atoms with E-state index in [0.29, 0.717) is 12.1 Å². The van der Waals surface area contributed by atoms with Crippen LogP contribution in [0.2, 0.25) is 0 Å². The molecule has 78 valence electrons. The highest BCUT2D eigenvalue weighted by molar-refractivity contribution is 4.77. The number of hydrogen-bond donors (Lipinski definition) is 1. The van der Waals surface area contributed by atoms with Crippen molar-refractivity contribution >= 4 is 0 Å². The molecule has 1 unspecified atom stereocenters. The Bertz CT molecular complexity index is 132. The molecule has 0 radical (unpaired) electrons. The van der Waals surface area contributed by atoms with Gasteiger partial charge in [-0.2, -0.15) is 0 Å². The Morgan fingerprint density at radius 2 is 2.00 bits per heavy atom. The summed E-state index contributed by atoms with van der Waals surface area (Å²) in [6, 6.07) is 1.16. The third-order valence-corrected chi connectivity index (χ3v) is 2.21. The molecule has 0 rings (SSSR count). The van der Waals surface area contributed by atoms with Crippen LogP contribution < -0.4 is 5.32 Å². The Morgan fingerprint density at radius 3 is 2.38 bits per heavy atom. The van der Waals surface area contributed by atoms with E-state index in [-0.39, 0.29) is 0 Å². The van der Waals surface area contributed by atoms with Crippen LogP contribution in [0.5, 0.6) is 0 Å². The van der Waals surface area contributed by atoms with Crippen LogP contribution in [0.3, 0.4) is 0 Å². The van der Waals surface area contributed by atoms with Gasteiger partial charge in [-0.15, -0.1) is 6.58 Å². The quantitative estimate of drug-likeness (QED) is 0.608. The van der Waals surface area contributed by atoms with E-state index in [1.807, 2.05) is 6.08 Å². The van der Waals surface area contributed by atoms with Crippen molar-refractivity contribution in [3.8, 4) is 0 Å². The topological polar surface area (TPSA) is 15.3 Å². The molecule has 0 saturated heterocycles. The molecule has 1 atom stereocenters. The Balaban J connectivity index is 3.76. The molecule has 13 heavy (non-hydrogen) atoms. The van der Waals surface area contributed by atoms with Crippen LogP contribution in [0.25, 0.3) is 0 Å². The Morgan fingerprint density at radius 1 is 1.38 bits per heavy atom. The fourth-order valence-corrected chi connectivity index (χ4v) is 1.32. The van der Waals surface area contributed by atoms with Crippen LogP contribution in [0.15, 0.2) is 12.7 Å². The Kier molecular flexibility index (Phi) is 6.92. The molecule has 0 aliphatic rings. The van der Waals surface area contributed by atoms with Gasteiger partial charge >= 0.3 is 0 Å². The van der Waals surface area contributed by atoms with E-state index in [0.717, 1.165) is 19.6 Å². The van der Waals surface area contributed by atoms with Crippen LogP contribution in [0.4, 0.5) is 0 Å². The third-order valence-electron chi connectivity index (χ3n) is 2.21. The summed E-state index contributed by atoms with van der Waals surface area (Å²) in [7, 11) is 0. The number of hydrogen-bond acceptors (Lipinski definition) is 2. The molecule has 0 aliphatic heterocycles. The van der Waals surface area contributed by atoms with Gasteiger partial charge in [0.15, 0.2) is 0 Å². The fourth-order valence-electron chi connectivity index (χ4n) is 1.32. The van der Waals surface area contributed by atoms with Gasteiger partial charge in [-0.05, 0) is 13.5 Å². The van der Waals surface area contributed by atoms with Crippen LogP contribution in [-0.4, -0.2) is 36.6 Å². The van der Waals surface area contributed by atoms with Crippen molar-refractivity contribution in [3.05, 3.63) is 12.7 Å². The summed E-state index contributed by atoms with van der Waals surface area (Å²) in [5.41, 5.74) is 0. The van der Waals surface area contributed by atoms with Crippen LogP contribution in [0, 0.1) is 0 Å². The zero-order valence-electron chi connectivity index (χ0n) is 9.51. The minimum absolute atomic E-state index is 0.574. The fraction of sp³-hybridized carbons (Fsp3) is 0.818. The van der Waals surface area contributed by atoms with Gasteiger partial charge in [0.1, 0.15) is 0 Å². The largest absolute Gasteiger partial charge is 0.313 e. The molecule has 0 amide bonds. The van der Waals surface area contributed by atoms with Crippen LogP contribution in [0.1, 0.15) is 27.7 Å². The second-order valence-electron chi connectivity index (χ2n) is 3.79. The van der Waals surface area contributed by atoms with E-state index in [4.69, 9.17) is 0 Å². The van der Waals surface area contributed by atoms with Crippen molar-refractivity contribution in [2.45, 2.75) is 39.8 Å². The predicted molar refractivity (Wildman–Crippen MR) is 60.0 cm³/mol. The summed E-state index contributed by atoms with van der Waals surface area (Å²) < 4.78 is 0. The van der Waals surface area contributed by atoms with E-state index in [9.17, 15) is 0 Å². The molecule has 0 aliphatic carbocycles. The van der Waals surface area contributed by atoms with Crippen LogP contribution >= 0.6 is 0 Å². The van der Waals surface area contributed by atoms with Gasteiger partial charge in [0.25, 0.3) is 0 Å². The van der Waals surface area contributed by atoms with E-state index >= 15 is 0 Å². The van der Waals surface area contributed by atoms with Gasteiger partial charge < -0.3 is 5.32 Å². The molecule has 0 heterocycles. The maximum Gasteiger partial charge on any atom is 0.0195 e. The minimum Gasteiger partial charge on any atom is -0.313 e. The minimum atomic E-state index is 0.574. The second kappa shape index (κ2) is 7.10. The van der Waals surface area contributed by atoms with Crippen molar-refractivity contribution in [1.82, 2.24) is 10.2 Å². The normalized spacial score (nSPS) is 13.7. The summed E-state index contributed by atoms with van der Waals surface area (Å²) in [4.78, 5) is 2.41. The van der Waals surface area contributed by atoms with E-state index in [1.165, 1.54) is 0 Å². The lowest BCUT2D eigenvalue weighted by Crippen LogP contribution is -2.42. The predicted octanol–water partition coefficient (Wildman–Crippen LogP) is 1.88. The molecule has 0 aromatic heterocycles. The summed E-state index contributed by atoms with van der Waals surface area (Å²) >= 11 is 0. The van der Waals surface area contributed by atoms with E-state index in [1.54, 1.807) is 0 Å². The average molecular weight is 184 g/mol. The summed E-state index contributed by atoms with van der Waals surface area (Å²) in [5.74, 6) is 0. The zero-order valence-corrected chi connectivity index (χ0v) is 9.51. The van der Waals surface area contributed by atoms with E-state index < -0.39 is 0 Å². The average Bonchev–Trinajstić information content (AvgIpc) is 2.10. The molecular formula is C11H24N2. The summed E-state index contributed by atoms with van der Waals surface area (Å²) in [6.45, 7) is 15.7. The lowest BCUT2D eigenvalue weighted by Gasteiger charge is -2.27. The van der Waals surface area contributed by atoms with Crippen molar-refractivity contribution in [1.29, 1.82) is 0 Å². The first-order valence-corrected chi connectivity index (χ1v) is 5.20. The monoisotopic (exact) mass is 184 g/mol. The van der Waals surface area contributed by atoms with Crippen molar-refractivity contribution < 1.29 is 0 Å². The highest BCUT2D eigenvalue weighted by Crippen LogP contribution is 1.97. The molecule has 0 aromatic carbocycles. The molecular weight excluding hydrogens is 160 g/mol. The summed E-state index contributed by atoms with van der Waals surface area (Å²) in [5, 5.41) is 3.44. The standard InChI is InChI=1S/C11H24N2/c1-6-8-13(7-2)11(5)9-12-10(3)4/h6,10-12H,1,7-9H2,2-5H3.